The number of hydrogen-bond donors (Lipinski definition) is 3. The Balaban J connectivity index is 1.71. The number of amides is 1. The molecule has 1 fully saturated rings. The van der Waals surface area contributed by atoms with E-state index < -0.39 is 40.5 Å². The number of benzene rings is 2. The maximum atomic E-state index is 14.3. The predicted molar refractivity (Wildman–Crippen MR) is 95.3 cm³/mol. The molecule has 1 heterocycles. The van der Waals surface area contributed by atoms with Gasteiger partial charge in [-0.25, -0.2) is 8.78 Å². The fraction of sp³-hybridized carbons (Fsp3) is 0.316. The van der Waals surface area contributed by atoms with E-state index in [9.17, 15) is 26.7 Å². The number of carbonyl (C=O) groups is 1. The van der Waals surface area contributed by atoms with Crippen LogP contribution in [0.2, 0.25) is 0 Å². The van der Waals surface area contributed by atoms with E-state index in [2.05, 4.69) is 10.6 Å². The number of hydrogen-bond acceptors (Lipinski definition) is 4. The maximum Gasteiger partial charge on any atom is 0.418 e. The lowest BCUT2D eigenvalue weighted by atomic mass is 9.99. The molecule has 0 spiro atoms. The van der Waals surface area contributed by atoms with Crippen LogP contribution in [0.15, 0.2) is 36.4 Å². The minimum Gasteiger partial charge on any atom is -0.379 e. The lowest BCUT2D eigenvalue weighted by Crippen LogP contribution is -2.54. The summed E-state index contributed by atoms with van der Waals surface area (Å²) in [6.45, 7) is 0.291. The molecular weight excluding hydrogens is 397 g/mol. The van der Waals surface area contributed by atoms with Crippen molar-refractivity contribution < 1.29 is 31.5 Å². The van der Waals surface area contributed by atoms with Crippen LogP contribution in [0.5, 0.6) is 0 Å². The Kier molecular flexibility index (Phi) is 5.76. The van der Waals surface area contributed by atoms with Gasteiger partial charge in [0.2, 0.25) is 5.91 Å². The number of carbonyl (C=O) groups excluding carboxylic acids is 1. The smallest absolute Gasteiger partial charge is 0.379 e. The highest BCUT2D eigenvalue weighted by Crippen LogP contribution is 2.36. The molecule has 0 aromatic heterocycles. The number of halogens is 5. The van der Waals surface area contributed by atoms with E-state index in [1.54, 1.807) is 0 Å². The van der Waals surface area contributed by atoms with Gasteiger partial charge in [0.1, 0.15) is 17.2 Å². The van der Waals surface area contributed by atoms with E-state index >= 15 is 0 Å². The Hall–Kier alpha value is -2.72. The zero-order valence-corrected chi connectivity index (χ0v) is 15.1. The van der Waals surface area contributed by atoms with Crippen molar-refractivity contribution in [1.82, 2.24) is 5.32 Å². The monoisotopic (exact) mass is 415 g/mol. The van der Waals surface area contributed by atoms with Crippen LogP contribution in [0.3, 0.4) is 0 Å². The lowest BCUT2D eigenvalue weighted by Gasteiger charge is -2.20. The van der Waals surface area contributed by atoms with Crippen LogP contribution in [-0.4, -0.2) is 24.7 Å². The van der Waals surface area contributed by atoms with Gasteiger partial charge in [-0.15, -0.1) is 0 Å². The molecule has 0 saturated carbocycles. The topological polar surface area (TPSA) is 76.4 Å². The molecule has 156 valence electrons. The molecule has 0 bridgehead atoms. The first kappa shape index (κ1) is 21.0. The summed E-state index contributed by atoms with van der Waals surface area (Å²) < 4.78 is 71.8. The summed E-state index contributed by atoms with van der Waals surface area (Å²) in [6, 6.07) is 5.82. The molecule has 1 atom stereocenters. The normalized spacial score (nSPS) is 19.2. The summed E-state index contributed by atoms with van der Waals surface area (Å²) in [5.41, 5.74) is 3.30. The Morgan fingerprint density at radius 1 is 1.17 bits per heavy atom. The molecule has 0 radical (unpaired) electrons. The van der Waals surface area contributed by atoms with Gasteiger partial charge in [-0.3, -0.25) is 4.79 Å². The number of nitrogens with two attached hydrogens (primary N) is 1. The van der Waals surface area contributed by atoms with Crippen LogP contribution in [0.4, 0.5) is 33.3 Å². The van der Waals surface area contributed by atoms with Gasteiger partial charge in [0.05, 0.1) is 17.9 Å². The van der Waals surface area contributed by atoms with E-state index in [1.807, 2.05) is 0 Å². The second-order valence-electron chi connectivity index (χ2n) is 6.76. The molecule has 1 aliphatic rings. The van der Waals surface area contributed by atoms with Crippen molar-refractivity contribution in [2.75, 3.05) is 18.5 Å². The summed E-state index contributed by atoms with van der Waals surface area (Å²) in [6.07, 6.45) is -4.43. The number of alkyl halides is 3. The molecule has 0 unspecified atom stereocenters. The van der Waals surface area contributed by atoms with E-state index in [4.69, 9.17) is 10.5 Å². The van der Waals surface area contributed by atoms with Crippen LogP contribution in [0.25, 0.3) is 0 Å². The molecule has 2 aromatic rings. The van der Waals surface area contributed by atoms with Gasteiger partial charge < -0.3 is 21.1 Å². The van der Waals surface area contributed by atoms with Gasteiger partial charge in [0.15, 0.2) is 0 Å². The van der Waals surface area contributed by atoms with Crippen molar-refractivity contribution in [2.24, 2.45) is 5.73 Å². The van der Waals surface area contributed by atoms with Gasteiger partial charge in [-0.2, -0.15) is 13.2 Å². The Morgan fingerprint density at radius 3 is 2.55 bits per heavy atom. The van der Waals surface area contributed by atoms with Gasteiger partial charge in [0, 0.05) is 24.4 Å². The standard InChI is InChI=1S/C19H18F5N3O2/c20-12-2-4-16(14(7-12)19(22,23)24)27-13-3-1-11(15(21)8-13)9-26-17(28)18(25)5-6-29-10-18/h1-4,7-8,27H,5-6,9-10,25H2,(H,26,28)/t18-/m0/s1. The number of ether oxygens (including phenoxy) is 1. The second kappa shape index (κ2) is 7.96. The zero-order chi connectivity index (χ0) is 21.2. The van der Waals surface area contributed by atoms with Crippen molar-refractivity contribution in [2.45, 2.75) is 24.7 Å². The zero-order valence-electron chi connectivity index (χ0n) is 15.1. The summed E-state index contributed by atoms with van der Waals surface area (Å²) >= 11 is 0. The average Bonchev–Trinajstić information content (AvgIpc) is 3.09. The summed E-state index contributed by atoms with van der Waals surface area (Å²) in [4.78, 5) is 12.1. The number of anilines is 2. The van der Waals surface area contributed by atoms with Crippen LogP contribution in [0.1, 0.15) is 17.5 Å². The van der Waals surface area contributed by atoms with Gasteiger partial charge in [0.25, 0.3) is 0 Å². The lowest BCUT2D eigenvalue weighted by molar-refractivity contribution is -0.137. The van der Waals surface area contributed by atoms with E-state index in [1.165, 1.54) is 12.1 Å². The third kappa shape index (κ3) is 4.83. The van der Waals surface area contributed by atoms with Crippen molar-refractivity contribution in [3.63, 3.8) is 0 Å². The summed E-state index contributed by atoms with van der Waals surface area (Å²) in [7, 11) is 0. The predicted octanol–water partition coefficient (Wildman–Crippen LogP) is 3.46. The molecule has 2 aromatic carbocycles. The number of nitrogens with one attached hydrogen (secondary N) is 2. The minimum absolute atomic E-state index is 0.0363. The SMILES string of the molecule is N[C@@]1(C(=O)NCc2ccc(Nc3ccc(F)cc3C(F)(F)F)cc2F)CCOC1. The Bertz CT molecular complexity index is 911. The van der Waals surface area contributed by atoms with Crippen molar-refractivity contribution in [3.05, 3.63) is 59.2 Å². The molecule has 5 nitrogen and oxygen atoms in total. The first-order chi connectivity index (χ1) is 13.6. The van der Waals surface area contributed by atoms with E-state index in [-0.39, 0.29) is 24.4 Å². The van der Waals surface area contributed by atoms with Gasteiger partial charge in [-0.05, 0) is 36.8 Å². The molecule has 10 heteroatoms. The maximum absolute atomic E-state index is 14.3. The minimum atomic E-state index is -4.78. The highest BCUT2D eigenvalue weighted by Gasteiger charge is 2.38. The van der Waals surface area contributed by atoms with Gasteiger partial charge >= 0.3 is 6.18 Å². The first-order valence-corrected chi connectivity index (χ1v) is 8.66. The van der Waals surface area contributed by atoms with Crippen LogP contribution in [-0.2, 0) is 22.3 Å². The van der Waals surface area contributed by atoms with Crippen molar-refractivity contribution in [3.8, 4) is 0 Å². The molecule has 1 amide bonds. The fourth-order valence-electron chi connectivity index (χ4n) is 2.90. The molecule has 0 aliphatic carbocycles. The molecule has 1 aliphatic heterocycles. The molecular formula is C19H18F5N3O2. The largest absolute Gasteiger partial charge is 0.418 e. The highest BCUT2D eigenvalue weighted by molar-refractivity contribution is 5.86. The number of rotatable bonds is 5. The quantitative estimate of drug-likeness (QED) is 0.654. The Labute approximate surface area is 163 Å². The van der Waals surface area contributed by atoms with Crippen LogP contribution >= 0.6 is 0 Å². The van der Waals surface area contributed by atoms with Gasteiger partial charge in [-0.1, -0.05) is 6.07 Å². The highest BCUT2D eigenvalue weighted by atomic mass is 19.4. The van der Waals surface area contributed by atoms with E-state index in [0.29, 0.717) is 19.1 Å². The summed E-state index contributed by atoms with van der Waals surface area (Å²) in [5.74, 6) is -2.25. The molecule has 1 saturated heterocycles. The Morgan fingerprint density at radius 2 is 1.93 bits per heavy atom. The third-order valence-corrected chi connectivity index (χ3v) is 4.56. The third-order valence-electron chi connectivity index (χ3n) is 4.56. The second-order valence-corrected chi connectivity index (χ2v) is 6.76. The molecule has 3 rings (SSSR count). The fourth-order valence-corrected chi connectivity index (χ4v) is 2.90. The first-order valence-electron chi connectivity index (χ1n) is 8.66. The van der Waals surface area contributed by atoms with Crippen molar-refractivity contribution >= 4 is 17.3 Å². The molecule has 29 heavy (non-hydrogen) atoms. The van der Waals surface area contributed by atoms with Crippen molar-refractivity contribution in [1.29, 1.82) is 0 Å². The van der Waals surface area contributed by atoms with Crippen LogP contribution in [0, 0.1) is 11.6 Å². The van der Waals surface area contributed by atoms with Crippen LogP contribution < -0.4 is 16.4 Å². The average molecular weight is 415 g/mol. The summed E-state index contributed by atoms with van der Waals surface area (Å²) in [5, 5.41) is 4.97. The molecule has 4 N–H and O–H groups in total. The van der Waals surface area contributed by atoms with E-state index in [0.717, 1.165) is 18.2 Å².